The minimum atomic E-state index is -0.0164. The zero-order chi connectivity index (χ0) is 13.8. The highest BCUT2D eigenvalue weighted by molar-refractivity contribution is 5.95. The molecule has 4 nitrogen and oxygen atoms in total. The molecule has 2 rings (SSSR count). The Morgan fingerprint density at radius 1 is 1.37 bits per heavy atom. The van der Waals surface area contributed by atoms with Gasteiger partial charge in [-0.15, -0.1) is 0 Å². The van der Waals surface area contributed by atoms with Crippen molar-refractivity contribution in [3.05, 3.63) is 41.6 Å². The number of Topliss-reactive ketones (excluding diaryl/α,β-unsaturated/α-hetero) is 1. The van der Waals surface area contributed by atoms with Gasteiger partial charge in [-0.3, -0.25) is 9.48 Å². The molecule has 0 aliphatic rings. The minimum absolute atomic E-state index is 0.0164. The van der Waals surface area contributed by atoms with Gasteiger partial charge in [-0.2, -0.15) is 5.10 Å². The molecule has 0 saturated heterocycles. The number of hydrogen-bond acceptors (Lipinski definition) is 3. The van der Waals surface area contributed by atoms with Crippen molar-refractivity contribution < 1.29 is 9.21 Å². The third-order valence-corrected chi connectivity index (χ3v) is 3.44. The fraction of sp³-hybridized carbons (Fsp3) is 0.467. The Kier molecular flexibility index (Phi) is 4.20. The first-order valence-electron chi connectivity index (χ1n) is 6.77. The summed E-state index contributed by atoms with van der Waals surface area (Å²) in [5.41, 5.74) is 1.68. The molecule has 2 aromatic heterocycles. The Hall–Kier alpha value is -1.84. The summed E-state index contributed by atoms with van der Waals surface area (Å²) in [6, 6.07) is 4.12. The summed E-state index contributed by atoms with van der Waals surface area (Å²) in [6.45, 7) is 6.17. The Morgan fingerprint density at radius 3 is 2.68 bits per heavy atom. The highest BCUT2D eigenvalue weighted by Crippen LogP contribution is 2.16. The van der Waals surface area contributed by atoms with E-state index in [1.54, 1.807) is 12.3 Å². The van der Waals surface area contributed by atoms with Gasteiger partial charge >= 0.3 is 0 Å². The summed E-state index contributed by atoms with van der Waals surface area (Å²) in [5.74, 6) is 0.425. The number of carbonyl (C=O) groups is 1. The van der Waals surface area contributed by atoms with Gasteiger partial charge < -0.3 is 4.42 Å². The molecule has 19 heavy (non-hydrogen) atoms. The van der Waals surface area contributed by atoms with E-state index >= 15 is 0 Å². The first-order chi connectivity index (χ1) is 9.15. The Bertz CT molecular complexity index is 550. The van der Waals surface area contributed by atoms with Crippen LogP contribution in [-0.2, 0) is 6.42 Å². The van der Waals surface area contributed by atoms with Crippen LogP contribution >= 0.6 is 0 Å². The van der Waals surface area contributed by atoms with Crippen LogP contribution < -0.4 is 0 Å². The molecule has 0 amide bonds. The zero-order valence-corrected chi connectivity index (χ0v) is 11.7. The number of rotatable bonds is 6. The van der Waals surface area contributed by atoms with Crippen molar-refractivity contribution >= 4 is 5.78 Å². The molecule has 0 atom stereocenters. The normalized spacial score (nSPS) is 11.2. The van der Waals surface area contributed by atoms with E-state index in [1.807, 2.05) is 23.9 Å². The highest BCUT2D eigenvalue weighted by atomic mass is 16.3. The van der Waals surface area contributed by atoms with E-state index in [1.165, 1.54) is 0 Å². The van der Waals surface area contributed by atoms with E-state index < -0.39 is 0 Å². The number of nitrogens with zero attached hydrogens (tertiary/aromatic N) is 2. The molecule has 0 unspecified atom stereocenters. The van der Waals surface area contributed by atoms with Gasteiger partial charge in [0.2, 0.25) is 5.78 Å². The van der Waals surface area contributed by atoms with Crippen LogP contribution in [0.5, 0.6) is 0 Å². The predicted molar refractivity (Wildman–Crippen MR) is 73.3 cm³/mol. The summed E-state index contributed by atoms with van der Waals surface area (Å²) < 4.78 is 7.17. The van der Waals surface area contributed by atoms with Gasteiger partial charge in [-0.05, 0) is 37.5 Å². The van der Waals surface area contributed by atoms with Gasteiger partial charge in [0.25, 0.3) is 0 Å². The first-order valence-corrected chi connectivity index (χ1v) is 6.77. The third-order valence-electron chi connectivity index (χ3n) is 3.44. The number of ketones is 1. The minimum Gasteiger partial charge on any atom is -0.461 e. The number of aryl methyl sites for hydroxylation is 1. The molecule has 0 aliphatic heterocycles. The SMILES string of the molecule is CCC(CC)n1ccc(CC(=O)c2occc2C)n1. The maximum Gasteiger partial charge on any atom is 0.204 e. The molecule has 0 bridgehead atoms. The second-order valence-electron chi connectivity index (χ2n) is 4.79. The molecule has 4 heteroatoms. The standard InChI is InChI=1S/C15H20N2O2/c1-4-13(5-2)17-8-6-12(16-17)10-14(18)15-11(3)7-9-19-15/h6-9,13H,4-5,10H2,1-3H3. The van der Waals surface area contributed by atoms with Crippen molar-refractivity contribution in [3.8, 4) is 0 Å². The molecular weight excluding hydrogens is 240 g/mol. The molecule has 102 valence electrons. The Labute approximate surface area is 113 Å². The lowest BCUT2D eigenvalue weighted by molar-refractivity contribution is 0.0964. The Balaban J connectivity index is 2.08. The summed E-state index contributed by atoms with van der Waals surface area (Å²) >= 11 is 0. The smallest absolute Gasteiger partial charge is 0.204 e. The van der Waals surface area contributed by atoms with Crippen LogP contribution in [0.3, 0.4) is 0 Å². The van der Waals surface area contributed by atoms with Crippen LogP contribution in [-0.4, -0.2) is 15.6 Å². The fourth-order valence-electron chi connectivity index (χ4n) is 2.24. The number of hydrogen-bond donors (Lipinski definition) is 0. The summed E-state index contributed by atoms with van der Waals surface area (Å²) in [5, 5.41) is 4.49. The van der Waals surface area contributed by atoms with Crippen molar-refractivity contribution in [2.45, 2.75) is 46.1 Å². The molecular formula is C15H20N2O2. The van der Waals surface area contributed by atoms with Crippen molar-refractivity contribution in [2.24, 2.45) is 0 Å². The lowest BCUT2D eigenvalue weighted by Crippen LogP contribution is -2.09. The van der Waals surface area contributed by atoms with Crippen LogP contribution in [0.4, 0.5) is 0 Å². The van der Waals surface area contributed by atoms with E-state index in [9.17, 15) is 4.79 Å². The average molecular weight is 260 g/mol. The van der Waals surface area contributed by atoms with E-state index in [0.29, 0.717) is 18.2 Å². The van der Waals surface area contributed by atoms with Crippen molar-refractivity contribution in [1.82, 2.24) is 9.78 Å². The zero-order valence-electron chi connectivity index (χ0n) is 11.7. The first kappa shape index (κ1) is 13.6. The van der Waals surface area contributed by atoms with Gasteiger partial charge in [0.05, 0.1) is 24.4 Å². The molecule has 0 fully saturated rings. The largest absolute Gasteiger partial charge is 0.461 e. The number of carbonyl (C=O) groups excluding carboxylic acids is 1. The van der Waals surface area contributed by atoms with Gasteiger partial charge in [0, 0.05) is 6.20 Å². The van der Waals surface area contributed by atoms with Gasteiger partial charge in [0.1, 0.15) is 0 Å². The van der Waals surface area contributed by atoms with Crippen LogP contribution in [0.25, 0.3) is 0 Å². The lowest BCUT2D eigenvalue weighted by Gasteiger charge is -2.12. The maximum absolute atomic E-state index is 12.1. The second kappa shape index (κ2) is 5.87. The molecule has 0 aliphatic carbocycles. The van der Waals surface area contributed by atoms with Gasteiger partial charge in [-0.1, -0.05) is 13.8 Å². The maximum atomic E-state index is 12.1. The van der Waals surface area contributed by atoms with Crippen molar-refractivity contribution in [2.75, 3.05) is 0 Å². The lowest BCUT2D eigenvalue weighted by atomic mass is 10.1. The predicted octanol–water partition coefficient (Wildman–Crippen LogP) is 3.57. The van der Waals surface area contributed by atoms with E-state index in [4.69, 9.17) is 4.42 Å². The molecule has 0 radical (unpaired) electrons. The summed E-state index contributed by atoms with van der Waals surface area (Å²) in [7, 11) is 0. The molecule has 0 saturated carbocycles. The number of furan rings is 1. The molecule has 0 N–H and O–H groups in total. The van der Waals surface area contributed by atoms with Crippen LogP contribution in [0.15, 0.2) is 29.0 Å². The molecule has 2 aromatic rings. The average Bonchev–Trinajstić information content (AvgIpc) is 3.00. The third kappa shape index (κ3) is 2.95. The highest BCUT2D eigenvalue weighted by Gasteiger charge is 2.15. The van der Waals surface area contributed by atoms with Crippen LogP contribution in [0.1, 0.15) is 54.5 Å². The summed E-state index contributed by atoms with van der Waals surface area (Å²) in [6.07, 6.45) is 5.88. The van der Waals surface area contributed by atoms with Crippen LogP contribution in [0, 0.1) is 6.92 Å². The van der Waals surface area contributed by atoms with Gasteiger partial charge in [0.15, 0.2) is 5.76 Å². The topological polar surface area (TPSA) is 48.0 Å². The second-order valence-corrected chi connectivity index (χ2v) is 4.79. The quantitative estimate of drug-likeness (QED) is 0.746. The van der Waals surface area contributed by atoms with Crippen molar-refractivity contribution in [3.63, 3.8) is 0 Å². The monoisotopic (exact) mass is 260 g/mol. The summed E-state index contributed by atoms with van der Waals surface area (Å²) in [4.78, 5) is 12.1. The van der Waals surface area contributed by atoms with E-state index in [-0.39, 0.29) is 5.78 Å². The molecule has 0 spiro atoms. The van der Waals surface area contributed by atoms with Crippen LogP contribution in [0.2, 0.25) is 0 Å². The van der Waals surface area contributed by atoms with E-state index in [0.717, 1.165) is 24.1 Å². The van der Waals surface area contributed by atoms with Crippen molar-refractivity contribution in [1.29, 1.82) is 0 Å². The van der Waals surface area contributed by atoms with E-state index in [2.05, 4.69) is 18.9 Å². The van der Waals surface area contributed by atoms with Gasteiger partial charge in [-0.25, -0.2) is 0 Å². The Morgan fingerprint density at radius 2 is 2.11 bits per heavy atom. The molecule has 0 aromatic carbocycles. The fourth-order valence-corrected chi connectivity index (χ4v) is 2.24. The number of aromatic nitrogens is 2. The molecule has 2 heterocycles.